The maximum absolute atomic E-state index is 11.8. The highest BCUT2D eigenvalue weighted by Crippen LogP contribution is 2.14. The maximum Gasteiger partial charge on any atom is 0.244 e. The van der Waals surface area contributed by atoms with Crippen LogP contribution < -0.4 is 5.73 Å². The van der Waals surface area contributed by atoms with E-state index in [9.17, 15) is 4.79 Å². The molecule has 1 atom stereocenters. The number of aromatic nitrogens is 3. The summed E-state index contributed by atoms with van der Waals surface area (Å²) in [5.41, 5.74) is 5.57. The molecule has 0 aliphatic carbocycles. The van der Waals surface area contributed by atoms with E-state index in [-0.39, 0.29) is 12.5 Å². The van der Waals surface area contributed by atoms with E-state index < -0.39 is 0 Å². The second-order valence-corrected chi connectivity index (χ2v) is 3.82. The number of nitrogens with two attached hydrogens (primary N) is 1. The van der Waals surface area contributed by atoms with Crippen LogP contribution >= 0.6 is 0 Å². The fourth-order valence-corrected chi connectivity index (χ4v) is 1.80. The Bertz CT molecular complexity index is 323. The number of likely N-dealkylation sites (tertiary alicyclic amines) is 1. The van der Waals surface area contributed by atoms with Gasteiger partial charge in [-0.2, -0.15) is 5.10 Å². The molecule has 2 heterocycles. The van der Waals surface area contributed by atoms with Crippen LogP contribution in [0.15, 0.2) is 12.7 Å². The lowest BCUT2D eigenvalue weighted by Crippen LogP contribution is -2.32. The summed E-state index contributed by atoms with van der Waals surface area (Å²) in [5, 5.41) is 3.90. The molecule has 82 valence electrons. The lowest BCUT2D eigenvalue weighted by Gasteiger charge is -2.15. The van der Waals surface area contributed by atoms with Crippen LogP contribution in [0.4, 0.5) is 0 Å². The number of nitrogens with zero attached hydrogens (tertiary/aromatic N) is 4. The highest BCUT2D eigenvalue weighted by atomic mass is 16.2. The smallest absolute Gasteiger partial charge is 0.244 e. The van der Waals surface area contributed by atoms with Crippen molar-refractivity contribution < 1.29 is 4.79 Å². The summed E-state index contributed by atoms with van der Waals surface area (Å²) in [6.07, 6.45) is 3.99. The van der Waals surface area contributed by atoms with Crippen LogP contribution in [0.1, 0.15) is 6.42 Å². The molecule has 1 aromatic heterocycles. The standard InChI is InChI=1S/C9H15N5O/c10-3-8-1-2-13(4-8)9(15)5-14-7-11-6-12-14/h6-8H,1-5,10H2. The molecule has 1 aromatic rings. The molecule has 0 bridgehead atoms. The first-order valence-electron chi connectivity index (χ1n) is 5.10. The van der Waals surface area contributed by atoms with Crippen LogP contribution in [-0.2, 0) is 11.3 Å². The fraction of sp³-hybridized carbons (Fsp3) is 0.667. The molecule has 0 radical (unpaired) electrons. The monoisotopic (exact) mass is 209 g/mol. The molecule has 0 spiro atoms. The molecule has 0 saturated carbocycles. The van der Waals surface area contributed by atoms with Gasteiger partial charge in [0.1, 0.15) is 19.2 Å². The first-order chi connectivity index (χ1) is 7.29. The molecule has 1 fully saturated rings. The van der Waals surface area contributed by atoms with Gasteiger partial charge in [0.2, 0.25) is 5.91 Å². The number of hydrogen-bond donors (Lipinski definition) is 1. The molecular weight excluding hydrogens is 194 g/mol. The number of hydrogen-bond acceptors (Lipinski definition) is 4. The van der Waals surface area contributed by atoms with Crippen molar-refractivity contribution in [3.8, 4) is 0 Å². The molecule has 2 N–H and O–H groups in total. The summed E-state index contributed by atoms with van der Waals surface area (Å²) in [6, 6.07) is 0. The molecule has 1 amide bonds. The van der Waals surface area contributed by atoms with E-state index in [1.807, 2.05) is 4.90 Å². The third-order valence-electron chi connectivity index (χ3n) is 2.74. The summed E-state index contributed by atoms with van der Waals surface area (Å²) in [4.78, 5) is 17.4. The zero-order valence-electron chi connectivity index (χ0n) is 8.54. The molecule has 0 aromatic carbocycles. The Hall–Kier alpha value is -1.43. The van der Waals surface area contributed by atoms with E-state index >= 15 is 0 Å². The molecule has 1 unspecified atom stereocenters. The van der Waals surface area contributed by atoms with Gasteiger partial charge in [0.05, 0.1) is 0 Å². The summed E-state index contributed by atoms with van der Waals surface area (Å²) in [6.45, 7) is 2.53. The maximum atomic E-state index is 11.8. The summed E-state index contributed by atoms with van der Waals surface area (Å²) in [7, 11) is 0. The second-order valence-electron chi connectivity index (χ2n) is 3.82. The third kappa shape index (κ3) is 2.33. The lowest BCUT2D eigenvalue weighted by molar-refractivity contribution is -0.131. The van der Waals surface area contributed by atoms with E-state index in [1.54, 1.807) is 6.33 Å². The normalized spacial score (nSPS) is 20.9. The lowest BCUT2D eigenvalue weighted by atomic mass is 10.1. The molecule has 6 heteroatoms. The third-order valence-corrected chi connectivity index (χ3v) is 2.74. The van der Waals surface area contributed by atoms with Crippen molar-refractivity contribution in [3.05, 3.63) is 12.7 Å². The topological polar surface area (TPSA) is 77.0 Å². The highest BCUT2D eigenvalue weighted by Gasteiger charge is 2.25. The number of carbonyl (C=O) groups is 1. The van der Waals surface area contributed by atoms with Gasteiger partial charge in [-0.3, -0.25) is 4.79 Å². The minimum absolute atomic E-state index is 0.0939. The molecule has 2 rings (SSSR count). The average molecular weight is 209 g/mol. The Labute approximate surface area is 88.1 Å². The van der Waals surface area contributed by atoms with Crippen LogP contribution in [0.5, 0.6) is 0 Å². The van der Waals surface area contributed by atoms with Crippen molar-refractivity contribution in [2.24, 2.45) is 11.7 Å². The summed E-state index contributed by atoms with van der Waals surface area (Å²) < 4.78 is 1.54. The predicted molar refractivity (Wildman–Crippen MR) is 53.8 cm³/mol. The van der Waals surface area contributed by atoms with Gasteiger partial charge < -0.3 is 10.6 Å². The van der Waals surface area contributed by atoms with Crippen molar-refractivity contribution in [1.29, 1.82) is 0 Å². The zero-order chi connectivity index (χ0) is 10.7. The largest absolute Gasteiger partial charge is 0.341 e. The van der Waals surface area contributed by atoms with Gasteiger partial charge in [-0.25, -0.2) is 9.67 Å². The Morgan fingerprint density at radius 3 is 3.07 bits per heavy atom. The minimum atomic E-state index is 0.0939. The zero-order valence-corrected chi connectivity index (χ0v) is 8.54. The van der Waals surface area contributed by atoms with Crippen molar-refractivity contribution in [1.82, 2.24) is 19.7 Å². The van der Waals surface area contributed by atoms with Crippen molar-refractivity contribution in [2.75, 3.05) is 19.6 Å². The van der Waals surface area contributed by atoms with Gasteiger partial charge in [0, 0.05) is 13.1 Å². The van der Waals surface area contributed by atoms with Gasteiger partial charge in [-0.1, -0.05) is 0 Å². The highest BCUT2D eigenvalue weighted by molar-refractivity contribution is 5.76. The minimum Gasteiger partial charge on any atom is -0.341 e. The van der Waals surface area contributed by atoms with Gasteiger partial charge in [0.15, 0.2) is 0 Å². The van der Waals surface area contributed by atoms with Gasteiger partial charge in [-0.15, -0.1) is 0 Å². The Kier molecular flexibility index (Phi) is 2.96. The second kappa shape index (κ2) is 4.39. The van der Waals surface area contributed by atoms with Crippen LogP contribution in [0.3, 0.4) is 0 Å². The van der Waals surface area contributed by atoms with Crippen LogP contribution in [0.25, 0.3) is 0 Å². The SMILES string of the molecule is NCC1CCN(C(=O)Cn2cncn2)C1. The predicted octanol–water partition coefficient (Wildman–Crippen LogP) is -0.915. The number of carbonyl (C=O) groups excluding carboxylic acids is 1. The van der Waals surface area contributed by atoms with E-state index in [0.29, 0.717) is 12.5 Å². The number of rotatable bonds is 3. The Morgan fingerprint density at radius 2 is 2.47 bits per heavy atom. The summed E-state index contributed by atoms with van der Waals surface area (Å²) in [5.74, 6) is 0.557. The van der Waals surface area contributed by atoms with Crippen molar-refractivity contribution in [3.63, 3.8) is 0 Å². The first kappa shape index (κ1) is 10.1. The Balaban J connectivity index is 1.87. The first-order valence-corrected chi connectivity index (χ1v) is 5.10. The van der Waals surface area contributed by atoms with Gasteiger partial charge in [-0.05, 0) is 18.9 Å². The summed E-state index contributed by atoms with van der Waals surface area (Å²) >= 11 is 0. The van der Waals surface area contributed by atoms with Gasteiger partial charge in [0.25, 0.3) is 0 Å². The van der Waals surface area contributed by atoms with E-state index in [1.165, 1.54) is 11.0 Å². The van der Waals surface area contributed by atoms with Crippen LogP contribution in [-0.4, -0.2) is 45.2 Å². The quantitative estimate of drug-likeness (QED) is 0.699. The average Bonchev–Trinajstić information content (AvgIpc) is 2.86. The molecule has 6 nitrogen and oxygen atoms in total. The van der Waals surface area contributed by atoms with E-state index in [4.69, 9.17) is 5.73 Å². The molecule has 1 aliphatic heterocycles. The molecule has 1 aliphatic rings. The van der Waals surface area contributed by atoms with Crippen molar-refractivity contribution in [2.45, 2.75) is 13.0 Å². The molecular formula is C9H15N5O. The molecule has 15 heavy (non-hydrogen) atoms. The Morgan fingerprint density at radius 1 is 1.60 bits per heavy atom. The van der Waals surface area contributed by atoms with E-state index in [2.05, 4.69) is 10.1 Å². The van der Waals surface area contributed by atoms with Crippen LogP contribution in [0.2, 0.25) is 0 Å². The van der Waals surface area contributed by atoms with Gasteiger partial charge >= 0.3 is 0 Å². The van der Waals surface area contributed by atoms with Crippen LogP contribution in [0, 0.1) is 5.92 Å². The fourth-order valence-electron chi connectivity index (χ4n) is 1.80. The van der Waals surface area contributed by atoms with E-state index in [0.717, 1.165) is 19.5 Å². The molecule has 1 saturated heterocycles. The number of amides is 1. The van der Waals surface area contributed by atoms with Crippen molar-refractivity contribution >= 4 is 5.91 Å².